The van der Waals surface area contributed by atoms with Crippen molar-refractivity contribution >= 4 is 5.82 Å². The van der Waals surface area contributed by atoms with E-state index in [0.717, 1.165) is 25.1 Å². The number of nitrogens with one attached hydrogen (secondary N) is 1. The third-order valence-electron chi connectivity index (χ3n) is 3.89. The van der Waals surface area contributed by atoms with Crippen LogP contribution in [0, 0.1) is 0 Å². The maximum Gasteiger partial charge on any atom is 0.123 e. The number of ether oxygens (including phenoxy) is 1. The Balaban J connectivity index is 1.74. The van der Waals surface area contributed by atoms with Crippen molar-refractivity contribution in [2.45, 2.75) is 31.9 Å². The van der Waals surface area contributed by atoms with E-state index in [1.54, 1.807) is 6.20 Å². The van der Waals surface area contributed by atoms with E-state index in [-0.39, 0.29) is 12.1 Å². The maximum absolute atomic E-state index is 6.11. The summed E-state index contributed by atoms with van der Waals surface area (Å²) in [7, 11) is 0. The minimum Gasteiger partial charge on any atom is -0.488 e. The molecule has 0 saturated carbocycles. The fraction of sp³-hybridized carbons (Fsp3) is 0.353. The molecule has 1 aromatic carbocycles. The number of hydrogen-bond acceptors (Lipinski definition) is 4. The molecule has 0 aliphatic carbocycles. The third kappa shape index (κ3) is 3.16. The van der Waals surface area contributed by atoms with Gasteiger partial charge in [0, 0.05) is 18.7 Å². The zero-order valence-electron chi connectivity index (χ0n) is 12.3. The highest BCUT2D eigenvalue weighted by Gasteiger charge is 2.29. The van der Waals surface area contributed by atoms with E-state index in [1.165, 1.54) is 11.1 Å². The smallest absolute Gasteiger partial charge is 0.123 e. The Labute approximate surface area is 125 Å². The standard InChI is InChI=1S/C17H21N3O/c1-2-19-14(9-12-7-8-20-17(18)10-12)16-11-13-5-3-4-6-15(13)21-16/h3-8,10,14,16,19H,2,9,11H2,1H3,(H2,18,20). The van der Waals surface area contributed by atoms with E-state index in [1.807, 2.05) is 24.3 Å². The quantitative estimate of drug-likeness (QED) is 0.883. The minimum atomic E-state index is 0.164. The van der Waals surface area contributed by atoms with Crippen LogP contribution in [0.5, 0.6) is 5.75 Å². The number of nitrogens with zero attached hydrogens (tertiary/aromatic N) is 1. The molecule has 0 amide bonds. The zero-order chi connectivity index (χ0) is 14.7. The summed E-state index contributed by atoms with van der Waals surface area (Å²) in [6.07, 6.45) is 3.77. The van der Waals surface area contributed by atoms with Crippen LogP contribution >= 0.6 is 0 Å². The largest absolute Gasteiger partial charge is 0.488 e. The van der Waals surface area contributed by atoms with Crippen molar-refractivity contribution in [3.63, 3.8) is 0 Å². The molecule has 1 aliphatic rings. The van der Waals surface area contributed by atoms with Crippen LogP contribution < -0.4 is 15.8 Å². The number of pyridine rings is 1. The summed E-state index contributed by atoms with van der Waals surface area (Å²) in [6.45, 7) is 3.04. The Hall–Kier alpha value is -2.07. The Morgan fingerprint density at radius 3 is 3.00 bits per heavy atom. The highest BCUT2D eigenvalue weighted by molar-refractivity contribution is 5.38. The molecule has 0 radical (unpaired) electrons. The molecule has 0 saturated heterocycles. The first-order valence-electron chi connectivity index (χ1n) is 7.44. The lowest BCUT2D eigenvalue weighted by molar-refractivity contribution is 0.178. The monoisotopic (exact) mass is 283 g/mol. The average Bonchev–Trinajstić information content (AvgIpc) is 2.91. The molecule has 110 valence electrons. The molecule has 1 aromatic heterocycles. The van der Waals surface area contributed by atoms with E-state index in [4.69, 9.17) is 10.5 Å². The fourth-order valence-corrected chi connectivity index (χ4v) is 2.91. The van der Waals surface area contributed by atoms with Gasteiger partial charge in [-0.25, -0.2) is 4.98 Å². The number of aromatic nitrogens is 1. The average molecular weight is 283 g/mol. The van der Waals surface area contributed by atoms with Gasteiger partial charge in [-0.15, -0.1) is 0 Å². The number of hydrogen-bond donors (Lipinski definition) is 2. The molecule has 2 heterocycles. The van der Waals surface area contributed by atoms with Crippen molar-refractivity contribution < 1.29 is 4.74 Å². The maximum atomic E-state index is 6.11. The van der Waals surface area contributed by atoms with Crippen LogP contribution in [-0.2, 0) is 12.8 Å². The number of nitrogens with two attached hydrogens (primary N) is 1. The number of rotatable bonds is 5. The SMILES string of the molecule is CCNC(Cc1ccnc(N)c1)C1Cc2ccccc2O1. The number of likely N-dealkylation sites (N-methyl/N-ethyl adjacent to an activating group) is 1. The van der Waals surface area contributed by atoms with Crippen LogP contribution in [0.25, 0.3) is 0 Å². The van der Waals surface area contributed by atoms with Crippen LogP contribution in [0.15, 0.2) is 42.6 Å². The number of fused-ring (bicyclic) bond motifs is 1. The molecule has 3 rings (SSSR count). The van der Waals surface area contributed by atoms with E-state index >= 15 is 0 Å². The zero-order valence-corrected chi connectivity index (χ0v) is 12.3. The van der Waals surface area contributed by atoms with Gasteiger partial charge in [0.2, 0.25) is 0 Å². The van der Waals surface area contributed by atoms with Gasteiger partial charge in [0.25, 0.3) is 0 Å². The molecule has 0 fully saturated rings. The molecule has 4 nitrogen and oxygen atoms in total. The number of nitrogen functional groups attached to an aromatic ring is 1. The predicted octanol–water partition coefficient (Wildman–Crippen LogP) is 2.19. The summed E-state index contributed by atoms with van der Waals surface area (Å²) >= 11 is 0. The minimum absolute atomic E-state index is 0.164. The van der Waals surface area contributed by atoms with Crippen LogP contribution in [0.2, 0.25) is 0 Å². The highest BCUT2D eigenvalue weighted by atomic mass is 16.5. The van der Waals surface area contributed by atoms with Crippen molar-refractivity contribution in [2.75, 3.05) is 12.3 Å². The predicted molar refractivity (Wildman–Crippen MR) is 84.4 cm³/mol. The van der Waals surface area contributed by atoms with Gasteiger partial charge >= 0.3 is 0 Å². The molecule has 2 atom stereocenters. The van der Waals surface area contributed by atoms with Gasteiger partial charge in [0.15, 0.2) is 0 Å². The molecule has 1 aliphatic heterocycles. The van der Waals surface area contributed by atoms with Gasteiger partial charge in [-0.1, -0.05) is 25.1 Å². The Kier molecular flexibility index (Phi) is 4.06. The second kappa shape index (κ2) is 6.14. The summed E-state index contributed by atoms with van der Waals surface area (Å²) in [5.74, 6) is 1.58. The molecular weight excluding hydrogens is 262 g/mol. The summed E-state index contributed by atoms with van der Waals surface area (Å²) in [5.41, 5.74) is 8.25. The van der Waals surface area contributed by atoms with Crippen LogP contribution in [0.3, 0.4) is 0 Å². The van der Waals surface area contributed by atoms with E-state index in [9.17, 15) is 0 Å². The van der Waals surface area contributed by atoms with Crippen LogP contribution in [0.4, 0.5) is 5.82 Å². The van der Waals surface area contributed by atoms with Crippen molar-refractivity contribution in [2.24, 2.45) is 0 Å². The van der Waals surface area contributed by atoms with Crippen molar-refractivity contribution in [1.82, 2.24) is 10.3 Å². The number of anilines is 1. The van der Waals surface area contributed by atoms with Crippen LogP contribution in [0.1, 0.15) is 18.1 Å². The molecule has 0 bridgehead atoms. The van der Waals surface area contributed by atoms with Crippen molar-refractivity contribution in [3.05, 3.63) is 53.7 Å². The van der Waals surface area contributed by atoms with E-state index in [0.29, 0.717) is 5.82 Å². The molecule has 0 spiro atoms. The Morgan fingerprint density at radius 2 is 2.24 bits per heavy atom. The van der Waals surface area contributed by atoms with E-state index in [2.05, 4.69) is 29.4 Å². The first-order valence-corrected chi connectivity index (χ1v) is 7.44. The second-order valence-electron chi connectivity index (χ2n) is 5.43. The molecule has 2 aromatic rings. The van der Waals surface area contributed by atoms with E-state index < -0.39 is 0 Å². The molecule has 4 heteroatoms. The summed E-state index contributed by atoms with van der Waals surface area (Å²) in [4.78, 5) is 4.05. The van der Waals surface area contributed by atoms with Crippen molar-refractivity contribution in [3.8, 4) is 5.75 Å². The van der Waals surface area contributed by atoms with Crippen molar-refractivity contribution in [1.29, 1.82) is 0 Å². The lowest BCUT2D eigenvalue weighted by Gasteiger charge is -2.24. The first-order chi connectivity index (χ1) is 10.3. The summed E-state index contributed by atoms with van der Waals surface area (Å²) in [6, 6.07) is 12.5. The third-order valence-corrected chi connectivity index (χ3v) is 3.89. The molecular formula is C17H21N3O. The number of para-hydroxylation sites is 1. The molecule has 2 unspecified atom stereocenters. The topological polar surface area (TPSA) is 60.2 Å². The molecule has 3 N–H and O–H groups in total. The van der Waals surface area contributed by atoms with Gasteiger partial charge < -0.3 is 15.8 Å². The second-order valence-corrected chi connectivity index (χ2v) is 5.43. The Bertz CT molecular complexity index is 589. The summed E-state index contributed by atoms with van der Waals surface area (Å²) in [5, 5.41) is 3.54. The normalized spacial score (nSPS) is 18.0. The summed E-state index contributed by atoms with van der Waals surface area (Å²) < 4.78 is 6.11. The number of benzene rings is 1. The lowest BCUT2D eigenvalue weighted by Crippen LogP contribution is -2.44. The van der Waals surface area contributed by atoms with Gasteiger partial charge in [-0.3, -0.25) is 0 Å². The van der Waals surface area contributed by atoms with Gasteiger partial charge in [-0.05, 0) is 42.3 Å². The highest BCUT2D eigenvalue weighted by Crippen LogP contribution is 2.30. The van der Waals surface area contributed by atoms with Crippen LogP contribution in [-0.4, -0.2) is 23.7 Å². The van der Waals surface area contributed by atoms with Gasteiger partial charge in [-0.2, -0.15) is 0 Å². The first kappa shape index (κ1) is 13.9. The molecule has 21 heavy (non-hydrogen) atoms. The Morgan fingerprint density at radius 1 is 1.38 bits per heavy atom. The lowest BCUT2D eigenvalue weighted by atomic mass is 9.98. The van der Waals surface area contributed by atoms with Gasteiger partial charge in [0.1, 0.15) is 17.7 Å². The van der Waals surface area contributed by atoms with Gasteiger partial charge in [0.05, 0.1) is 0 Å². The fourth-order valence-electron chi connectivity index (χ4n) is 2.91.